The molecule has 0 saturated carbocycles. The highest BCUT2D eigenvalue weighted by Gasteiger charge is 2.20. The lowest BCUT2D eigenvalue weighted by Crippen LogP contribution is -2.36. The number of aromatic nitrogens is 1. The molecule has 0 spiro atoms. The predicted molar refractivity (Wildman–Crippen MR) is 72.4 cm³/mol. The van der Waals surface area contributed by atoms with Crippen molar-refractivity contribution in [3.63, 3.8) is 0 Å². The molecular weight excluding hydrogens is 242 g/mol. The van der Waals surface area contributed by atoms with Crippen molar-refractivity contribution in [1.29, 1.82) is 0 Å². The van der Waals surface area contributed by atoms with Gasteiger partial charge >= 0.3 is 0 Å². The quantitative estimate of drug-likeness (QED) is 0.778. The Balaban J connectivity index is 1.83. The highest BCUT2D eigenvalue weighted by Crippen LogP contribution is 2.10. The van der Waals surface area contributed by atoms with Gasteiger partial charge in [0.2, 0.25) is 5.91 Å². The summed E-state index contributed by atoms with van der Waals surface area (Å²) in [6.45, 7) is 3.93. The molecule has 0 aromatic carbocycles. The molecular formula is C14H21N3O2. The number of aliphatic hydroxyl groups excluding tert-OH is 1. The molecule has 1 aromatic rings. The van der Waals surface area contributed by atoms with E-state index in [1.165, 1.54) is 0 Å². The van der Waals surface area contributed by atoms with Crippen molar-refractivity contribution in [2.45, 2.75) is 19.4 Å². The number of amides is 1. The summed E-state index contributed by atoms with van der Waals surface area (Å²) in [6, 6.07) is 3.94. The van der Waals surface area contributed by atoms with Crippen molar-refractivity contribution in [3.05, 3.63) is 30.1 Å². The number of carbonyl (C=O) groups excluding carboxylic acids is 1. The van der Waals surface area contributed by atoms with Crippen molar-refractivity contribution in [2.75, 3.05) is 32.8 Å². The van der Waals surface area contributed by atoms with Crippen LogP contribution in [0.2, 0.25) is 0 Å². The van der Waals surface area contributed by atoms with Crippen molar-refractivity contribution in [3.8, 4) is 0 Å². The number of likely N-dealkylation sites (tertiary alicyclic amines) is 1. The van der Waals surface area contributed by atoms with Crippen molar-refractivity contribution < 1.29 is 9.90 Å². The Labute approximate surface area is 113 Å². The van der Waals surface area contributed by atoms with Gasteiger partial charge in [0, 0.05) is 51.5 Å². The zero-order valence-electron chi connectivity index (χ0n) is 11.2. The van der Waals surface area contributed by atoms with Gasteiger partial charge in [-0.25, -0.2) is 0 Å². The summed E-state index contributed by atoms with van der Waals surface area (Å²) in [5, 5.41) is 9.12. The van der Waals surface area contributed by atoms with E-state index in [1.54, 1.807) is 6.20 Å². The Bertz CT molecular complexity index is 397. The molecule has 0 unspecified atom stereocenters. The highest BCUT2D eigenvalue weighted by molar-refractivity contribution is 5.78. The predicted octanol–water partition coefficient (Wildman–Crippen LogP) is 0.498. The fourth-order valence-electron chi connectivity index (χ4n) is 2.36. The summed E-state index contributed by atoms with van der Waals surface area (Å²) in [4.78, 5) is 19.7. The van der Waals surface area contributed by atoms with Gasteiger partial charge in [0.05, 0.1) is 6.61 Å². The Hall–Kier alpha value is -1.46. The first-order valence-electron chi connectivity index (χ1n) is 6.79. The van der Waals surface area contributed by atoms with E-state index in [9.17, 15) is 4.79 Å². The molecule has 5 nitrogen and oxygen atoms in total. The van der Waals surface area contributed by atoms with E-state index in [2.05, 4.69) is 9.88 Å². The SMILES string of the molecule is O=C1CCCN1CCN(CCO)Cc1cccnc1. The second-order valence-electron chi connectivity index (χ2n) is 4.85. The molecule has 1 fully saturated rings. The molecule has 1 aliphatic heterocycles. The largest absolute Gasteiger partial charge is 0.395 e. The van der Waals surface area contributed by atoms with Crippen LogP contribution in [0, 0.1) is 0 Å². The molecule has 1 amide bonds. The van der Waals surface area contributed by atoms with Gasteiger partial charge in [-0.1, -0.05) is 6.07 Å². The van der Waals surface area contributed by atoms with Crippen LogP contribution in [0.4, 0.5) is 0 Å². The van der Waals surface area contributed by atoms with Gasteiger partial charge in [0.25, 0.3) is 0 Å². The highest BCUT2D eigenvalue weighted by atomic mass is 16.3. The van der Waals surface area contributed by atoms with Gasteiger partial charge in [-0.2, -0.15) is 0 Å². The lowest BCUT2D eigenvalue weighted by Gasteiger charge is -2.24. The molecule has 104 valence electrons. The minimum absolute atomic E-state index is 0.133. The molecule has 5 heteroatoms. The van der Waals surface area contributed by atoms with Crippen molar-refractivity contribution >= 4 is 5.91 Å². The van der Waals surface area contributed by atoms with Crippen LogP contribution in [0.3, 0.4) is 0 Å². The first-order chi connectivity index (χ1) is 9.29. The van der Waals surface area contributed by atoms with Crippen LogP contribution in [0.25, 0.3) is 0 Å². The molecule has 2 rings (SSSR count). The normalized spacial score (nSPS) is 15.5. The third-order valence-corrected chi connectivity index (χ3v) is 3.40. The third-order valence-electron chi connectivity index (χ3n) is 3.40. The topological polar surface area (TPSA) is 56.7 Å². The number of aliphatic hydroxyl groups is 1. The molecule has 0 radical (unpaired) electrons. The van der Waals surface area contributed by atoms with E-state index in [-0.39, 0.29) is 12.5 Å². The van der Waals surface area contributed by atoms with Gasteiger partial charge < -0.3 is 10.0 Å². The molecule has 0 atom stereocenters. The maximum absolute atomic E-state index is 11.6. The molecule has 0 aliphatic carbocycles. The van der Waals surface area contributed by atoms with Crippen LogP contribution >= 0.6 is 0 Å². The Kier molecular flexibility index (Phi) is 5.30. The number of nitrogens with zero attached hydrogens (tertiary/aromatic N) is 3. The van der Waals surface area contributed by atoms with Gasteiger partial charge in [-0.05, 0) is 18.1 Å². The number of pyridine rings is 1. The van der Waals surface area contributed by atoms with Gasteiger partial charge in [0.15, 0.2) is 0 Å². The summed E-state index contributed by atoms with van der Waals surface area (Å²) in [5.41, 5.74) is 1.13. The van der Waals surface area contributed by atoms with E-state index in [0.29, 0.717) is 13.0 Å². The van der Waals surface area contributed by atoms with E-state index in [1.807, 2.05) is 23.2 Å². The summed E-state index contributed by atoms with van der Waals surface area (Å²) in [7, 11) is 0. The zero-order valence-corrected chi connectivity index (χ0v) is 11.2. The van der Waals surface area contributed by atoms with E-state index in [0.717, 1.165) is 38.2 Å². The van der Waals surface area contributed by atoms with Crippen molar-refractivity contribution in [1.82, 2.24) is 14.8 Å². The number of hydrogen-bond donors (Lipinski definition) is 1. The van der Waals surface area contributed by atoms with E-state index >= 15 is 0 Å². The smallest absolute Gasteiger partial charge is 0.222 e. The second-order valence-corrected chi connectivity index (χ2v) is 4.85. The van der Waals surface area contributed by atoms with Gasteiger partial charge in [-0.3, -0.25) is 14.7 Å². The second kappa shape index (κ2) is 7.21. The van der Waals surface area contributed by atoms with Crippen LogP contribution in [-0.2, 0) is 11.3 Å². The van der Waals surface area contributed by atoms with Crippen LogP contribution in [-0.4, -0.2) is 58.6 Å². The molecule has 19 heavy (non-hydrogen) atoms. The Morgan fingerprint density at radius 3 is 2.95 bits per heavy atom. The fraction of sp³-hybridized carbons (Fsp3) is 0.571. The van der Waals surface area contributed by atoms with E-state index < -0.39 is 0 Å². The molecule has 1 saturated heterocycles. The number of rotatable bonds is 7. The maximum atomic E-state index is 11.6. The lowest BCUT2D eigenvalue weighted by molar-refractivity contribution is -0.127. The minimum Gasteiger partial charge on any atom is -0.395 e. The van der Waals surface area contributed by atoms with Crippen molar-refractivity contribution in [2.24, 2.45) is 0 Å². The third kappa shape index (κ3) is 4.29. The Morgan fingerprint density at radius 1 is 1.42 bits per heavy atom. The monoisotopic (exact) mass is 263 g/mol. The van der Waals surface area contributed by atoms with Crippen LogP contribution in [0.1, 0.15) is 18.4 Å². The summed E-state index contributed by atoms with van der Waals surface area (Å²) in [5.74, 6) is 0.255. The van der Waals surface area contributed by atoms with Crippen LogP contribution < -0.4 is 0 Å². The van der Waals surface area contributed by atoms with E-state index in [4.69, 9.17) is 5.11 Å². The number of hydrogen-bond acceptors (Lipinski definition) is 4. The molecule has 1 aromatic heterocycles. The number of carbonyl (C=O) groups is 1. The summed E-state index contributed by atoms with van der Waals surface area (Å²) >= 11 is 0. The zero-order chi connectivity index (χ0) is 13.5. The first kappa shape index (κ1) is 14.0. The average molecular weight is 263 g/mol. The molecule has 0 bridgehead atoms. The lowest BCUT2D eigenvalue weighted by atomic mass is 10.2. The summed E-state index contributed by atoms with van der Waals surface area (Å²) in [6.07, 6.45) is 5.25. The van der Waals surface area contributed by atoms with Gasteiger partial charge in [-0.15, -0.1) is 0 Å². The first-order valence-corrected chi connectivity index (χ1v) is 6.79. The molecule has 1 N–H and O–H groups in total. The standard InChI is InChI=1S/C14H21N3O2/c18-10-9-16(12-13-3-1-5-15-11-13)7-8-17-6-2-4-14(17)19/h1,3,5,11,18H,2,4,6-10,12H2. The minimum atomic E-state index is 0.133. The van der Waals surface area contributed by atoms with Crippen LogP contribution in [0.5, 0.6) is 0 Å². The average Bonchev–Trinajstić information content (AvgIpc) is 2.83. The fourth-order valence-corrected chi connectivity index (χ4v) is 2.36. The van der Waals surface area contributed by atoms with Gasteiger partial charge in [0.1, 0.15) is 0 Å². The Morgan fingerprint density at radius 2 is 2.32 bits per heavy atom. The molecule has 2 heterocycles. The molecule has 1 aliphatic rings. The maximum Gasteiger partial charge on any atom is 0.222 e. The summed E-state index contributed by atoms with van der Waals surface area (Å²) < 4.78 is 0. The van der Waals surface area contributed by atoms with Crippen LogP contribution in [0.15, 0.2) is 24.5 Å².